The summed E-state index contributed by atoms with van der Waals surface area (Å²) in [5, 5.41) is 2.97. The fourth-order valence-corrected chi connectivity index (χ4v) is 5.13. The van der Waals surface area contributed by atoms with Crippen molar-refractivity contribution in [2.45, 2.75) is 4.90 Å². The number of halogens is 4. The number of amides is 1. The molecule has 0 aliphatic heterocycles. The first-order valence-electron chi connectivity index (χ1n) is 10.5. The normalized spacial score (nSPS) is 11.1. The Morgan fingerprint density at radius 1 is 0.730 bits per heavy atom. The molecule has 0 bridgehead atoms. The predicted octanol–water partition coefficient (Wildman–Crippen LogP) is 7.07. The number of hydrogen-bond donors (Lipinski definition) is 2. The Labute approximate surface area is 227 Å². The van der Waals surface area contributed by atoms with E-state index < -0.39 is 32.4 Å². The third-order valence-corrected chi connectivity index (χ3v) is 7.33. The molecule has 6 nitrogen and oxygen atoms in total. The van der Waals surface area contributed by atoms with Crippen LogP contribution in [0.5, 0.6) is 0 Å². The zero-order valence-corrected chi connectivity index (χ0v) is 21.7. The standard InChI is InChI=1S/C26H16Cl3FN2O4S/c27-16-7-10-23(20(12-16)25(33)15-4-2-1-3-5-15)32-37(35,36)18-8-11-24(22(30)14-18)31-26(34)19-9-6-17(28)13-21(19)29/h1-14,32H,(H,31,34). The van der Waals surface area contributed by atoms with Crippen LogP contribution in [0.25, 0.3) is 0 Å². The van der Waals surface area contributed by atoms with Crippen molar-refractivity contribution in [2.75, 3.05) is 10.0 Å². The molecular weight excluding hydrogens is 562 g/mol. The minimum atomic E-state index is -4.33. The molecular formula is C26H16Cl3FN2O4S. The highest BCUT2D eigenvalue weighted by molar-refractivity contribution is 7.92. The summed E-state index contributed by atoms with van der Waals surface area (Å²) >= 11 is 17.9. The second-order valence-electron chi connectivity index (χ2n) is 7.71. The highest BCUT2D eigenvalue weighted by Gasteiger charge is 2.22. The maximum Gasteiger partial charge on any atom is 0.262 e. The maximum atomic E-state index is 14.8. The SMILES string of the molecule is O=C(Nc1ccc(S(=O)(=O)Nc2ccc(Cl)cc2C(=O)c2ccccc2)cc1F)c1ccc(Cl)cc1Cl. The van der Waals surface area contributed by atoms with Gasteiger partial charge in [0.25, 0.3) is 15.9 Å². The number of carbonyl (C=O) groups is 2. The van der Waals surface area contributed by atoms with Gasteiger partial charge < -0.3 is 5.32 Å². The maximum absolute atomic E-state index is 14.8. The second-order valence-corrected chi connectivity index (χ2v) is 10.7. The molecule has 2 N–H and O–H groups in total. The molecule has 0 fully saturated rings. The summed E-state index contributed by atoms with van der Waals surface area (Å²) in [7, 11) is -4.33. The number of benzene rings is 4. The number of rotatable bonds is 7. The molecule has 0 radical (unpaired) electrons. The summed E-state index contributed by atoms with van der Waals surface area (Å²) in [6, 6.07) is 19.5. The van der Waals surface area contributed by atoms with E-state index >= 15 is 0 Å². The van der Waals surface area contributed by atoms with Crippen LogP contribution in [-0.2, 0) is 10.0 Å². The summed E-state index contributed by atoms with van der Waals surface area (Å²) < 4.78 is 43.2. The van der Waals surface area contributed by atoms with Crippen LogP contribution in [0.3, 0.4) is 0 Å². The van der Waals surface area contributed by atoms with Crippen molar-refractivity contribution in [1.29, 1.82) is 0 Å². The summed E-state index contributed by atoms with van der Waals surface area (Å²) in [6.07, 6.45) is 0. The molecule has 4 aromatic carbocycles. The van der Waals surface area contributed by atoms with Crippen LogP contribution in [0.4, 0.5) is 15.8 Å². The van der Waals surface area contributed by atoms with Gasteiger partial charge in [0.1, 0.15) is 5.82 Å². The number of hydrogen-bond acceptors (Lipinski definition) is 4. The number of nitrogens with one attached hydrogen (secondary N) is 2. The van der Waals surface area contributed by atoms with Gasteiger partial charge in [-0.05, 0) is 54.6 Å². The number of ketones is 1. The van der Waals surface area contributed by atoms with Crippen LogP contribution >= 0.6 is 34.8 Å². The molecule has 4 aromatic rings. The van der Waals surface area contributed by atoms with Gasteiger partial charge in [-0.15, -0.1) is 0 Å². The van der Waals surface area contributed by atoms with E-state index in [0.29, 0.717) is 10.6 Å². The van der Waals surface area contributed by atoms with Crippen molar-refractivity contribution in [3.63, 3.8) is 0 Å². The lowest BCUT2D eigenvalue weighted by molar-refractivity contribution is 0.102. The molecule has 0 atom stereocenters. The van der Waals surface area contributed by atoms with Crippen molar-refractivity contribution < 1.29 is 22.4 Å². The highest BCUT2D eigenvalue weighted by Crippen LogP contribution is 2.28. The van der Waals surface area contributed by atoms with Crippen LogP contribution in [0, 0.1) is 5.82 Å². The van der Waals surface area contributed by atoms with Gasteiger partial charge in [0.15, 0.2) is 5.78 Å². The lowest BCUT2D eigenvalue weighted by atomic mass is 10.0. The molecule has 0 aliphatic rings. The third-order valence-electron chi connectivity index (χ3n) is 5.18. The largest absolute Gasteiger partial charge is 0.319 e. The Balaban J connectivity index is 1.59. The first kappa shape index (κ1) is 26.6. The number of sulfonamides is 1. The molecule has 1 amide bonds. The van der Waals surface area contributed by atoms with Crippen molar-refractivity contribution in [3.05, 3.63) is 123 Å². The van der Waals surface area contributed by atoms with Gasteiger partial charge in [-0.3, -0.25) is 14.3 Å². The zero-order valence-electron chi connectivity index (χ0n) is 18.6. The lowest BCUT2D eigenvalue weighted by Crippen LogP contribution is -2.17. The topological polar surface area (TPSA) is 92.3 Å². The molecule has 37 heavy (non-hydrogen) atoms. The van der Waals surface area contributed by atoms with Gasteiger partial charge >= 0.3 is 0 Å². The van der Waals surface area contributed by atoms with Gasteiger partial charge in [0.2, 0.25) is 0 Å². The van der Waals surface area contributed by atoms with Crippen molar-refractivity contribution in [2.24, 2.45) is 0 Å². The van der Waals surface area contributed by atoms with E-state index in [2.05, 4.69) is 10.0 Å². The number of anilines is 2. The van der Waals surface area contributed by atoms with E-state index in [1.165, 1.54) is 36.4 Å². The van der Waals surface area contributed by atoms with Crippen LogP contribution in [-0.4, -0.2) is 20.1 Å². The van der Waals surface area contributed by atoms with Gasteiger partial charge in [-0.1, -0.05) is 65.1 Å². The Hall–Kier alpha value is -3.43. The summed E-state index contributed by atoms with van der Waals surface area (Å²) in [5.74, 6) is -2.16. The molecule has 188 valence electrons. The van der Waals surface area contributed by atoms with Gasteiger partial charge in [-0.2, -0.15) is 0 Å². The molecule has 0 saturated carbocycles. The Bertz CT molecular complexity index is 1630. The Morgan fingerprint density at radius 3 is 2.05 bits per heavy atom. The Morgan fingerprint density at radius 2 is 1.38 bits per heavy atom. The van der Waals surface area contributed by atoms with Gasteiger partial charge in [0, 0.05) is 21.2 Å². The first-order valence-corrected chi connectivity index (χ1v) is 13.1. The third kappa shape index (κ3) is 6.11. The van der Waals surface area contributed by atoms with E-state index in [-0.39, 0.29) is 32.5 Å². The highest BCUT2D eigenvalue weighted by atomic mass is 35.5. The zero-order chi connectivity index (χ0) is 26.7. The van der Waals surface area contributed by atoms with Crippen molar-refractivity contribution >= 4 is 67.9 Å². The molecule has 11 heteroatoms. The predicted molar refractivity (Wildman–Crippen MR) is 143 cm³/mol. The van der Waals surface area contributed by atoms with Crippen molar-refractivity contribution in [1.82, 2.24) is 0 Å². The molecule has 0 aromatic heterocycles. The average Bonchev–Trinajstić information content (AvgIpc) is 2.86. The van der Waals surface area contributed by atoms with E-state index in [1.807, 2.05) is 0 Å². The van der Waals surface area contributed by atoms with Gasteiger partial charge in [-0.25, -0.2) is 12.8 Å². The fourth-order valence-electron chi connectivity index (χ4n) is 3.37. The summed E-state index contributed by atoms with van der Waals surface area (Å²) in [5.41, 5.74) is 0.112. The van der Waals surface area contributed by atoms with Crippen molar-refractivity contribution in [3.8, 4) is 0 Å². The quantitative estimate of drug-likeness (QED) is 0.230. The smallest absolute Gasteiger partial charge is 0.262 e. The molecule has 0 unspecified atom stereocenters. The van der Waals surface area contributed by atoms with E-state index in [9.17, 15) is 22.4 Å². The molecule has 0 aliphatic carbocycles. The minimum absolute atomic E-state index is 0.0199. The van der Waals surface area contributed by atoms with E-state index in [0.717, 1.165) is 18.2 Å². The lowest BCUT2D eigenvalue weighted by Gasteiger charge is -2.14. The summed E-state index contributed by atoms with van der Waals surface area (Å²) in [6.45, 7) is 0. The second kappa shape index (κ2) is 10.9. The van der Waals surface area contributed by atoms with E-state index in [4.69, 9.17) is 34.8 Å². The van der Waals surface area contributed by atoms with Gasteiger partial charge in [0.05, 0.1) is 26.9 Å². The number of carbonyl (C=O) groups excluding carboxylic acids is 2. The van der Waals surface area contributed by atoms with Crippen LogP contribution in [0.2, 0.25) is 15.1 Å². The monoisotopic (exact) mass is 576 g/mol. The molecule has 4 rings (SSSR count). The average molecular weight is 578 g/mol. The summed E-state index contributed by atoms with van der Waals surface area (Å²) in [4.78, 5) is 25.1. The molecule has 0 spiro atoms. The van der Waals surface area contributed by atoms with Crippen LogP contribution < -0.4 is 10.0 Å². The first-order chi connectivity index (χ1) is 17.5. The Kier molecular flexibility index (Phi) is 7.85. The van der Waals surface area contributed by atoms with E-state index in [1.54, 1.807) is 30.3 Å². The fraction of sp³-hybridized carbons (Fsp3) is 0. The molecule has 0 heterocycles. The molecule has 0 saturated heterocycles. The van der Waals surface area contributed by atoms with Crippen LogP contribution in [0.1, 0.15) is 26.3 Å². The minimum Gasteiger partial charge on any atom is -0.319 e. The van der Waals surface area contributed by atoms with Crippen LogP contribution in [0.15, 0.2) is 89.8 Å².